The van der Waals surface area contributed by atoms with E-state index in [4.69, 9.17) is 10.5 Å². The number of thiocyanates is 2. The van der Waals surface area contributed by atoms with E-state index in [-0.39, 0.29) is 21.1 Å². The van der Waals surface area contributed by atoms with Crippen molar-refractivity contribution in [2.45, 2.75) is 38.5 Å². The maximum Gasteiger partial charge on any atom is 2.00 e. The van der Waals surface area contributed by atoms with Gasteiger partial charge in [-0.1, -0.05) is 23.6 Å². The van der Waals surface area contributed by atoms with Gasteiger partial charge in [0.1, 0.15) is 0 Å². The Morgan fingerprint density at radius 1 is 0.632 bits per heavy atom. The molecule has 0 unspecified atom stereocenters. The summed E-state index contributed by atoms with van der Waals surface area (Å²) in [6.45, 7) is 5.00. The average molecular weight is 482 g/mol. The van der Waals surface area contributed by atoms with E-state index in [9.17, 15) is 0 Å². The predicted molar refractivity (Wildman–Crippen MR) is 79.4 cm³/mol. The van der Waals surface area contributed by atoms with Crippen LogP contribution in [0.5, 0.6) is 0 Å². The van der Waals surface area contributed by atoms with Crippen molar-refractivity contribution in [1.82, 2.24) is 10.6 Å². The molecule has 19 heavy (non-hydrogen) atoms. The summed E-state index contributed by atoms with van der Waals surface area (Å²) in [5, 5.41) is 23.5. The first-order valence-electron chi connectivity index (χ1n) is 6.27. The van der Waals surface area contributed by atoms with E-state index in [1.165, 1.54) is 75.5 Å². The Kier molecular flexibility index (Phi) is 33.7. The number of nitrogens with zero attached hydrogens (tertiary/aromatic N) is 2. The van der Waals surface area contributed by atoms with Gasteiger partial charge in [-0.25, -0.2) is 10.5 Å². The van der Waals surface area contributed by atoms with E-state index in [0.29, 0.717) is 0 Å². The van der Waals surface area contributed by atoms with Gasteiger partial charge in [-0.2, -0.15) is 0 Å². The number of hydrogen-bond acceptors (Lipinski definition) is 6. The minimum atomic E-state index is 0. The monoisotopic (exact) mass is 481 g/mol. The van der Waals surface area contributed by atoms with Crippen LogP contribution in [0.2, 0.25) is 0 Å². The molecular weight excluding hydrogens is 459 g/mol. The molecular formula is C12H22N4PtS2. The number of rotatable bonds is 0. The fourth-order valence-corrected chi connectivity index (χ4v) is 1.60. The van der Waals surface area contributed by atoms with Crippen molar-refractivity contribution in [3.05, 3.63) is 0 Å². The molecule has 2 aliphatic rings. The second kappa shape index (κ2) is 26.6. The SMILES string of the molecule is C1CCNCC1.C1CCNCC1.N#C[S-].N#C[S-].[Pt+2]. The summed E-state index contributed by atoms with van der Waals surface area (Å²) >= 11 is 7.40. The molecule has 0 spiro atoms. The Balaban J connectivity index is -0.000000188. The van der Waals surface area contributed by atoms with Crippen molar-refractivity contribution in [1.29, 1.82) is 10.5 Å². The Labute approximate surface area is 142 Å². The van der Waals surface area contributed by atoms with E-state index >= 15 is 0 Å². The van der Waals surface area contributed by atoms with Crippen LogP contribution >= 0.6 is 0 Å². The second-order valence-electron chi connectivity index (χ2n) is 3.80. The Bertz CT molecular complexity index is 174. The van der Waals surface area contributed by atoms with Crippen molar-refractivity contribution < 1.29 is 21.1 Å². The molecule has 0 saturated carbocycles. The van der Waals surface area contributed by atoms with Gasteiger partial charge in [0, 0.05) is 0 Å². The molecule has 2 saturated heterocycles. The van der Waals surface area contributed by atoms with Crippen molar-refractivity contribution in [2.75, 3.05) is 26.2 Å². The number of nitriles is 2. The third-order valence-electron chi connectivity index (χ3n) is 2.41. The van der Waals surface area contributed by atoms with Crippen LogP contribution < -0.4 is 10.6 Å². The normalized spacial score (nSPS) is 15.9. The fourth-order valence-electron chi connectivity index (χ4n) is 1.60. The van der Waals surface area contributed by atoms with Crippen molar-refractivity contribution >= 4 is 25.3 Å². The maximum atomic E-state index is 7.13. The molecule has 7 heteroatoms. The topological polar surface area (TPSA) is 71.6 Å². The van der Waals surface area contributed by atoms with E-state index in [1.54, 1.807) is 0 Å². The summed E-state index contributed by atoms with van der Waals surface area (Å²) in [6, 6.07) is 0. The number of piperidine rings is 2. The molecule has 0 atom stereocenters. The minimum Gasteiger partial charge on any atom is -0.696 e. The molecule has 4 nitrogen and oxygen atoms in total. The summed E-state index contributed by atoms with van der Waals surface area (Å²) in [5.41, 5.74) is 0. The maximum absolute atomic E-state index is 7.13. The largest absolute Gasteiger partial charge is 2.00 e. The van der Waals surface area contributed by atoms with Crippen molar-refractivity contribution in [2.24, 2.45) is 0 Å². The first-order valence-corrected chi connectivity index (χ1v) is 7.09. The van der Waals surface area contributed by atoms with E-state index in [1.807, 2.05) is 0 Å². The molecule has 2 N–H and O–H groups in total. The fraction of sp³-hybridized carbons (Fsp3) is 0.833. The molecule has 2 heterocycles. The summed E-state index contributed by atoms with van der Waals surface area (Å²) in [6.07, 6.45) is 8.43. The zero-order chi connectivity index (χ0) is 13.9. The minimum absolute atomic E-state index is 0. The molecule has 112 valence electrons. The van der Waals surface area contributed by atoms with Gasteiger partial charge in [0.05, 0.1) is 0 Å². The van der Waals surface area contributed by atoms with Crippen molar-refractivity contribution in [3.8, 4) is 10.8 Å². The van der Waals surface area contributed by atoms with Crippen LogP contribution in [0.4, 0.5) is 0 Å². The van der Waals surface area contributed by atoms with Crippen LogP contribution in [0.3, 0.4) is 0 Å². The molecule has 2 aliphatic heterocycles. The van der Waals surface area contributed by atoms with Crippen LogP contribution in [0.25, 0.3) is 0 Å². The summed E-state index contributed by atoms with van der Waals surface area (Å²) in [4.78, 5) is 0. The summed E-state index contributed by atoms with van der Waals surface area (Å²) < 4.78 is 0. The zero-order valence-corrected chi connectivity index (χ0v) is 15.0. The number of nitrogens with one attached hydrogen (secondary N) is 2. The van der Waals surface area contributed by atoms with Gasteiger partial charge >= 0.3 is 21.1 Å². The molecule has 0 aromatic rings. The first kappa shape index (κ1) is 24.1. The molecule has 0 radical (unpaired) electrons. The first-order chi connectivity index (χ1) is 8.83. The molecule has 0 bridgehead atoms. The third kappa shape index (κ3) is 32.0. The van der Waals surface area contributed by atoms with Crippen LogP contribution in [0.1, 0.15) is 38.5 Å². The van der Waals surface area contributed by atoms with Crippen molar-refractivity contribution in [3.63, 3.8) is 0 Å². The van der Waals surface area contributed by atoms with E-state index in [2.05, 4.69) is 35.9 Å². The van der Waals surface area contributed by atoms with Gasteiger partial charge in [0.2, 0.25) is 0 Å². The molecule has 0 aliphatic carbocycles. The quantitative estimate of drug-likeness (QED) is 0.404. The zero-order valence-electron chi connectivity index (χ0n) is 11.1. The van der Waals surface area contributed by atoms with Gasteiger partial charge in [0.25, 0.3) is 0 Å². The van der Waals surface area contributed by atoms with E-state index in [0.717, 1.165) is 0 Å². The molecule has 2 fully saturated rings. The standard InChI is InChI=1S/2C5H11N.2CHNS.Pt/c2*1-2-4-6-5-3-1;2*2-1-3;/h2*6H,1-5H2;2*3H;/q;;;;+2/p-2. The summed E-state index contributed by atoms with van der Waals surface area (Å²) in [5.74, 6) is 0. The molecule has 0 aromatic heterocycles. The molecule has 2 rings (SSSR count). The van der Waals surface area contributed by atoms with Crippen LogP contribution in [0.15, 0.2) is 0 Å². The van der Waals surface area contributed by atoms with E-state index < -0.39 is 0 Å². The van der Waals surface area contributed by atoms with Gasteiger partial charge in [-0.3, -0.25) is 0 Å². The Hall–Kier alpha value is 0.0283. The second-order valence-corrected chi connectivity index (χ2v) is 4.17. The molecule has 0 aromatic carbocycles. The Morgan fingerprint density at radius 3 is 0.895 bits per heavy atom. The van der Waals surface area contributed by atoms with Gasteiger partial charge < -0.3 is 35.9 Å². The smallest absolute Gasteiger partial charge is 0.696 e. The van der Waals surface area contributed by atoms with Crippen LogP contribution in [0, 0.1) is 21.3 Å². The number of hydrogen-bond donors (Lipinski definition) is 2. The van der Waals surface area contributed by atoms with Gasteiger partial charge in [-0.05, 0) is 51.9 Å². The van der Waals surface area contributed by atoms with Crippen LogP contribution in [-0.2, 0) is 46.3 Å². The van der Waals surface area contributed by atoms with Crippen LogP contribution in [-0.4, -0.2) is 26.2 Å². The van der Waals surface area contributed by atoms with Gasteiger partial charge in [0.15, 0.2) is 0 Å². The average Bonchev–Trinajstić information content (AvgIpc) is 2.45. The predicted octanol–water partition coefficient (Wildman–Crippen LogP) is 1.55. The van der Waals surface area contributed by atoms with Gasteiger partial charge in [-0.15, -0.1) is 0 Å². The third-order valence-corrected chi connectivity index (χ3v) is 2.41. The molecule has 0 amide bonds. The Morgan fingerprint density at radius 2 is 0.842 bits per heavy atom. The summed E-state index contributed by atoms with van der Waals surface area (Å²) in [7, 11) is 0.